The van der Waals surface area contributed by atoms with Crippen LogP contribution in [0.4, 0.5) is 5.69 Å². The number of nitrogens with two attached hydrogens (primary N) is 1. The van der Waals surface area contributed by atoms with Crippen LogP contribution in [-0.2, 0) is 0 Å². The molecule has 3 nitrogen and oxygen atoms in total. The molecule has 1 aliphatic carbocycles. The first kappa shape index (κ1) is 10.0. The van der Waals surface area contributed by atoms with E-state index in [9.17, 15) is 4.79 Å². The van der Waals surface area contributed by atoms with E-state index in [4.69, 9.17) is 5.73 Å². The number of nitrogen functional groups attached to an aromatic ring is 1. The van der Waals surface area contributed by atoms with Crippen molar-refractivity contribution >= 4 is 11.6 Å². The van der Waals surface area contributed by atoms with E-state index in [0.717, 1.165) is 12.0 Å². The van der Waals surface area contributed by atoms with Crippen LogP contribution in [0.2, 0.25) is 0 Å². The Hall–Kier alpha value is -1.51. The molecule has 15 heavy (non-hydrogen) atoms. The lowest BCUT2D eigenvalue weighted by Gasteiger charge is -2.05. The molecule has 0 bridgehead atoms. The molecule has 1 fully saturated rings. The number of aryl methyl sites for hydroxylation is 1. The van der Waals surface area contributed by atoms with Crippen LogP contribution in [0.3, 0.4) is 0 Å². The Labute approximate surface area is 89.7 Å². The lowest BCUT2D eigenvalue weighted by Crippen LogP contribution is -2.26. The molecular weight excluding hydrogens is 188 g/mol. The van der Waals surface area contributed by atoms with Gasteiger partial charge in [0.05, 0.1) is 0 Å². The van der Waals surface area contributed by atoms with Crippen molar-refractivity contribution in [1.82, 2.24) is 5.32 Å². The van der Waals surface area contributed by atoms with Crippen molar-refractivity contribution in [2.24, 2.45) is 5.92 Å². The highest BCUT2D eigenvalue weighted by molar-refractivity contribution is 5.95. The molecule has 0 aromatic heterocycles. The van der Waals surface area contributed by atoms with Gasteiger partial charge in [-0.2, -0.15) is 0 Å². The van der Waals surface area contributed by atoms with Crippen LogP contribution >= 0.6 is 0 Å². The van der Waals surface area contributed by atoms with Gasteiger partial charge in [0.1, 0.15) is 0 Å². The first-order valence-corrected chi connectivity index (χ1v) is 5.24. The standard InChI is InChI=1S/C12H16N2O/c1-7-3-9(6-10(13)4-7)12(15)14-11-5-8(11)2/h3-4,6,8,11H,5,13H2,1-2H3,(H,14,15). The Bertz CT molecular complexity index is 380. The number of carbonyl (C=O) groups excluding carboxylic acids is 1. The van der Waals surface area contributed by atoms with E-state index in [1.165, 1.54) is 0 Å². The second-order valence-corrected chi connectivity index (χ2v) is 4.43. The molecule has 1 aromatic rings. The van der Waals surface area contributed by atoms with Crippen LogP contribution < -0.4 is 11.1 Å². The SMILES string of the molecule is Cc1cc(N)cc(C(=O)NC2CC2C)c1. The summed E-state index contributed by atoms with van der Waals surface area (Å²) < 4.78 is 0. The third kappa shape index (κ3) is 2.29. The molecule has 3 heteroatoms. The van der Waals surface area contributed by atoms with Gasteiger partial charge in [0.15, 0.2) is 0 Å². The first-order valence-electron chi connectivity index (χ1n) is 5.24. The summed E-state index contributed by atoms with van der Waals surface area (Å²) in [5, 5.41) is 2.98. The Morgan fingerprint density at radius 3 is 2.67 bits per heavy atom. The Morgan fingerprint density at radius 2 is 2.13 bits per heavy atom. The van der Waals surface area contributed by atoms with E-state index in [-0.39, 0.29) is 5.91 Å². The Balaban J connectivity index is 2.11. The van der Waals surface area contributed by atoms with E-state index in [1.54, 1.807) is 6.07 Å². The minimum atomic E-state index is -0.0141. The molecule has 0 aliphatic heterocycles. The van der Waals surface area contributed by atoms with E-state index < -0.39 is 0 Å². The average molecular weight is 204 g/mol. The molecule has 1 aliphatic rings. The van der Waals surface area contributed by atoms with Crippen molar-refractivity contribution in [3.05, 3.63) is 29.3 Å². The largest absolute Gasteiger partial charge is 0.399 e. The van der Waals surface area contributed by atoms with Crippen LogP contribution in [0.15, 0.2) is 18.2 Å². The summed E-state index contributed by atoms with van der Waals surface area (Å²) in [4.78, 5) is 11.8. The molecule has 3 N–H and O–H groups in total. The number of nitrogens with one attached hydrogen (secondary N) is 1. The lowest BCUT2D eigenvalue weighted by atomic mass is 10.1. The molecule has 0 radical (unpaired) electrons. The molecule has 2 rings (SSSR count). The zero-order valence-corrected chi connectivity index (χ0v) is 9.08. The third-order valence-corrected chi connectivity index (χ3v) is 2.79. The zero-order valence-electron chi connectivity index (χ0n) is 9.08. The summed E-state index contributed by atoms with van der Waals surface area (Å²) in [5.74, 6) is 0.607. The summed E-state index contributed by atoms with van der Waals surface area (Å²) in [6.45, 7) is 4.07. The van der Waals surface area contributed by atoms with Gasteiger partial charge in [-0.05, 0) is 43.0 Å². The second-order valence-electron chi connectivity index (χ2n) is 4.43. The molecule has 0 saturated heterocycles. The number of benzene rings is 1. The van der Waals surface area contributed by atoms with Crippen molar-refractivity contribution in [2.75, 3.05) is 5.73 Å². The van der Waals surface area contributed by atoms with Crippen LogP contribution in [0.25, 0.3) is 0 Å². The van der Waals surface area contributed by atoms with E-state index >= 15 is 0 Å². The monoisotopic (exact) mass is 204 g/mol. The van der Waals surface area contributed by atoms with Crippen LogP contribution in [0, 0.1) is 12.8 Å². The van der Waals surface area contributed by atoms with Gasteiger partial charge in [0.25, 0.3) is 5.91 Å². The van der Waals surface area contributed by atoms with Gasteiger partial charge >= 0.3 is 0 Å². The van der Waals surface area contributed by atoms with Gasteiger partial charge in [0, 0.05) is 17.3 Å². The van der Waals surface area contributed by atoms with Crippen molar-refractivity contribution in [1.29, 1.82) is 0 Å². The van der Waals surface area contributed by atoms with Gasteiger partial charge in [0.2, 0.25) is 0 Å². The van der Waals surface area contributed by atoms with Gasteiger partial charge < -0.3 is 11.1 Å². The summed E-state index contributed by atoms with van der Waals surface area (Å²) in [6, 6.07) is 5.80. The fourth-order valence-electron chi connectivity index (χ4n) is 1.72. The number of anilines is 1. The van der Waals surface area contributed by atoms with E-state index in [0.29, 0.717) is 23.2 Å². The number of rotatable bonds is 2. The summed E-state index contributed by atoms with van der Waals surface area (Å²) in [7, 11) is 0. The maximum Gasteiger partial charge on any atom is 0.251 e. The normalized spacial score (nSPS) is 23.6. The van der Waals surface area contributed by atoms with Gasteiger partial charge in [-0.15, -0.1) is 0 Å². The number of hydrogen-bond donors (Lipinski definition) is 2. The predicted octanol–water partition coefficient (Wildman–Crippen LogP) is 1.72. The minimum absolute atomic E-state index is 0.0141. The number of amides is 1. The maximum absolute atomic E-state index is 11.8. The molecule has 0 heterocycles. The number of hydrogen-bond acceptors (Lipinski definition) is 2. The van der Waals surface area contributed by atoms with Crippen molar-refractivity contribution in [3.8, 4) is 0 Å². The van der Waals surface area contributed by atoms with Crippen molar-refractivity contribution in [2.45, 2.75) is 26.3 Å². The highest BCUT2D eigenvalue weighted by Gasteiger charge is 2.33. The highest BCUT2D eigenvalue weighted by atomic mass is 16.1. The summed E-state index contributed by atoms with van der Waals surface area (Å²) in [6.07, 6.45) is 1.09. The smallest absolute Gasteiger partial charge is 0.251 e. The summed E-state index contributed by atoms with van der Waals surface area (Å²) in [5.41, 5.74) is 8.01. The molecule has 2 unspecified atom stereocenters. The second kappa shape index (κ2) is 3.57. The minimum Gasteiger partial charge on any atom is -0.399 e. The summed E-state index contributed by atoms with van der Waals surface area (Å²) >= 11 is 0. The number of carbonyl (C=O) groups is 1. The van der Waals surface area contributed by atoms with Crippen LogP contribution in [-0.4, -0.2) is 11.9 Å². The predicted molar refractivity (Wildman–Crippen MR) is 60.6 cm³/mol. The van der Waals surface area contributed by atoms with Crippen LogP contribution in [0.1, 0.15) is 29.3 Å². The topological polar surface area (TPSA) is 55.1 Å². The molecule has 2 atom stereocenters. The molecule has 0 spiro atoms. The fraction of sp³-hybridized carbons (Fsp3) is 0.417. The molecule has 80 valence electrons. The molecule has 1 saturated carbocycles. The quantitative estimate of drug-likeness (QED) is 0.721. The van der Waals surface area contributed by atoms with Gasteiger partial charge in [-0.25, -0.2) is 0 Å². The van der Waals surface area contributed by atoms with E-state index in [1.807, 2.05) is 19.1 Å². The molecule has 1 amide bonds. The van der Waals surface area contributed by atoms with E-state index in [2.05, 4.69) is 12.2 Å². The molecular formula is C12H16N2O. The highest BCUT2D eigenvalue weighted by Crippen LogP contribution is 2.29. The zero-order chi connectivity index (χ0) is 11.0. The third-order valence-electron chi connectivity index (χ3n) is 2.79. The maximum atomic E-state index is 11.8. The van der Waals surface area contributed by atoms with Crippen LogP contribution in [0.5, 0.6) is 0 Å². The van der Waals surface area contributed by atoms with Crippen molar-refractivity contribution < 1.29 is 4.79 Å². The Morgan fingerprint density at radius 1 is 1.47 bits per heavy atom. The first-order chi connectivity index (χ1) is 7.06. The fourth-order valence-corrected chi connectivity index (χ4v) is 1.72. The Kier molecular flexibility index (Phi) is 2.39. The average Bonchev–Trinajstić information content (AvgIpc) is 2.79. The lowest BCUT2D eigenvalue weighted by molar-refractivity contribution is 0.0949. The van der Waals surface area contributed by atoms with Crippen molar-refractivity contribution in [3.63, 3.8) is 0 Å². The van der Waals surface area contributed by atoms with Gasteiger partial charge in [-0.3, -0.25) is 4.79 Å². The molecule has 1 aromatic carbocycles. The van der Waals surface area contributed by atoms with Gasteiger partial charge in [-0.1, -0.05) is 6.92 Å².